The number of amidine groups is 1. The van der Waals surface area contributed by atoms with Gasteiger partial charge in [-0.3, -0.25) is 19.8 Å². The van der Waals surface area contributed by atoms with Crippen LogP contribution in [0.3, 0.4) is 0 Å². The lowest BCUT2D eigenvalue weighted by atomic mass is 9.99. The number of nitrogens with one attached hydrogen (secondary N) is 5. The van der Waals surface area contributed by atoms with Crippen molar-refractivity contribution < 1.29 is 44.0 Å². The number of rotatable bonds is 22. The first-order valence-corrected chi connectivity index (χ1v) is 18.3. The molecule has 1 aliphatic rings. The van der Waals surface area contributed by atoms with E-state index in [0.717, 1.165) is 11.1 Å². The van der Waals surface area contributed by atoms with Gasteiger partial charge in [-0.05, 0) is 60.6 Å². The maximum Gasteiger partial charge on any atom is 0.329 e. The minimum absolute atomic E-state index is 0.0345. The lowest BCUT2D eigenvalue weighted by molar-refractivity contribution is -0.145. The van der Waals surface area contributed by atoms with Crippen molar-refractivity contribution in [2.45, 2.75) is 82.2 Å². The summed E-state index contributed by atoms with van der Waals surface area (Å²) in [5.74, 6) is -2.84. The third-order valence-corrected chi connectivity index (χ3v) is 9.08. The van der Waals surface area contributed by atoms with E-state index < -0.39 is 60.1 Å². The van der Waals surface area contributed by atoms with Crippen LogP contribution in [-0.2, 0) is 32.4 Å². The minimum Gasteiger partial charge on any atom is -0.485 e. The Morgan fingerprint density at radius 3 is 2.11 bits per heavy atom. The van der Waals surface area contributed by atoms with Crippen molar-refractivity contribution in [3.63, 3.8) is 0 Å². The van der Waals surface area contributed by atoms with E-state index in [1.54, 1.807) is 12.1 Å². The predicted molar refractivity (Wildman–Crippen MR) is 207 cm³/mol. The van der Waals surface area contributed by atoms with E-state index in [2.05, 4.69) is 21.3 Å². The molecule has 56 heavy (non-hydrogen) atoms. The maximum absolute atomic E-state index is 13.2. The number of amides is 3. The molecule has 3 aromatic rings. The van der Waals surface area contributed by atoms with Crippen molar-refractivity contribution in [2.75, 3.05) is 13.1 Å². The first kappa shape index (κ1) is 42.9. The molecular formula is C40H51N7O9. The molecule has 3 aromatic carbocycles. The number of carbonyl (C=O) groups excluding carboxylic acids is 3. The molecule has 6 atom stereocenters. The topological polar surface area (TPSA) is 271 Å². The van der Waals surface area contributed by atoms with Crippen molar-refractivity contribution in [1.82, 2.24) is 21.3 Å². The minimum atomic E-state index is -1.68. The summed E-state index contributed by atoms with van der Waals surface area (Å²) in [5.41, 5.74) is 14.1. The number of unbranched alkanes of at least 4 members (excludes halogenated alkanes) is 1. The molecule has 0 saturated carbocycles. The number of carbonyl (C=O) groups is 4. The van der Waals surface area contributed by atoms with Crippen LogP contribution in [0.1, 0.15) is 55.4 Å². The number of aliphatic hydroxyl groups excluding tert-OH is 2. The number of hydrogen-bond acceptors (Lipinski definition) is 11. The van der Waals surface area contributed by atoms with Crippen LogP contribution in [0, 0.1) is 5.41 Å². The fourth-order valence-electron chi connectivity index (χ4n) is 5.87. The van der Waals surface area contributed by atoms with Gasteiger partial charge in [0.2, 0.25) is 17.7 Å². The third kappa shape index (κ3) is 12.9. The summed E-state index contributed by atoms with van der Waals surface area (Å²) in [5, 5.41) is 49.4. The lowest BCUT2D eigenvalue weighted by Crippen LogP contribution is -2.55. The van der Waals surface area contributed by atoms with Crippen molar-refractivity contribution in [1.29, 1.82) is 5.41 Å². The highest BCUT2D eigenvalue weighted by atomic mass is 16.5. The average molecular weight is 774 g/mol. The highest BCUT2D eigenvalue weighted by Gasteiger charge is 2.32. The van der Waals surface area contributed by atoms with Crippen LogP contribution in [0.5, 0.6) is 11.5 Å². The Balaban J connectivity index is 1.33. The van der Waals surface area contributed by atoms with Gasteiger partial charge in [-0.15, -0.1) is 0 Å². The van der Waals surface area contributed by atoms with Crippen LogP contribution in [0.25, 0.3) is 0 Å². The molecule has 4 rings (SSSR count). The molecule has 0 radical (unpaired) electrons. The van der Waals surface area contributed by atoms with Crippen LogP contribution in [0.15, 0.2) is 90.5 Å². The van der Waals surface area contributed by atoms with E-state index in [9.17, 15) is 34.5 Å². The number of hydrogen-bond donors (Lipinski definition) is 10. The van der Waals surface area contributed by atoms with Crippen LogP contribution < -0.4 is 42.2 Å². The van der Waals surface area contributed by atoms with Gasteiger partial charge in [0.15, 0.2) is 17.5 Å². The second-order valence-corrected chi connectivity index (χ2v) is 13.4. The van der Waals surface area contributed by atoms with Gasteiger partial charge in [-0.1, -0.05) is 72.8 Å². The van der Waals surface area contributed by atoms with Gasteiger partial charge in [0.05, 0.1) is 12.1 Å². The van der Waals surface area contributed by atoms with E-state index >= 15 is 0 Å². The molecule has 16 heteroatoms. The monoisotopic (exact) mass is 773 g/mol. The Kier molecular flexibility index (Phi) is 16.3. The fourth-order valence-corrected chi connectivity index (χ4v) is 5.87. The van der Waals surface area contributed by atoms with Gasteiger partial charge in [0.1, 0.15) is 37.2 Å². The van der Waals surface area contributed by atoms with Crippen molar-refractivity contribution in [3.05, 3.63) is 107 Å². The fraction of sp³-hybridized carbons (Fsp3) is 0.375. The molecule has 0 aromatic heterocycles. The average Bonchev–Trinajstić information content (AvgIpc) is 3.66. The van der Waals surface area contributed by atoms with Crippen LogP contribution in [-0.4, -0.2) is 88.2 Å². The smallest absolute Gasteiger partial charge is 0.329 e. The third-order valence-electron chi connectivity index (χ3n) is 9.08. The molecule has 0 fully saturated rings. The molecule has 1 heterocycles. The van der Waals surface area contributed by atoms with Crippen LogP contribution in [0.2, 0.25) is 0 Å². The molecule has 3 amide bonds. The molecular weight excluding hydrogens is 722 g/mol. The van der Waals surface area contributed by atoms with Crippen molar-refractivity contribution in [2.24, 2.45) is 11.5 Å². The van der Waals surface area contributed by atoms with Crippen molar-refractivity contribution >= 4 is 29.5 Å². The summed E-state index contributed by atoms with van der Waals surface area (Å²) in [4.78, 5) is 50.9. The number of aliphatic hydroxyl groups is 2. The van der Waals surface area contributed by atoms with E-state index in [1.807, 2.05) is 60.7 Å². The number of ether oxygens (including phenoxy) is 2. The summed E-state index contributed by atoms with van der Waals surface area (Å²) in [7, 11) is 0. The van der Waals surface area contributed by atoms with Gasteiger partial charge >= 0.3 is 5.97 Å². The number of aliphatic carboxylic acids is 1. The molecule has 1 aliphatic heterocycles. The van der Waals surface area contributed by atoms with E-state index in [1.165, 1.54) is 19.1 Å². The maximum atomic E-state index is 13.2. The summed E-state index contributed by atoms with van der Waals surface area (Å²) >= 11 is 0. The number of nitrogens with two attached hydrogens (primary N) is 2. The van der Waals surface area contributed by atoms with Gasteiger partial charge in [0.25, 0.3) is 0 Å². The van der Waals surface area contributed by atoms with E-state index in [-0.39, 0.29) is 56.2 Å². The molecule has 0 aliphatic carbocycles. The quantitative estimate of drug-likeness (QED) is 0.0298. The normalized spacial score (nSPS) is 16.3. The van der Waals surface area contributed by atoms with Gasteiger partial charge < -0.3 is 57.5 Å². The Hall–Kier alpha value is -5.81. The second kappa shape index (κ2) is 21.3. The molecule has 16 nitrogen and oxygen atoms in total. The second-order valence-electron chi connectivity index (χ2n) is 13.4. The molecule has 12 N–H and O–H groups in total. The highest BCUT2D eigenvalue weighted by Crippen LogP contribution is 2.33. The van der Waals surface area contributed by atoms with E-state index in [4.69, 9.17) is 26.4 Å². The summed E-state index contributed by atoms with van der Waals surface area (Å²) in [6.45, 7) is 2.32. The molecule has 300 valence electrons. The SMILES string of the molecule is CC(O)C(N)C(=O)NC(CC1=CCNC1C(=N)N)C(=O)NCCCCC(=O)NC(C(=O)O)C(O)c1ccc(OCc2ccccc2)c(OCc2ccccc2)c1. The first-order valence-electron chi connectivity index (χ1n) is 18.3. The summed E-state index contributed by atoms with van der Waals surface area (Å²) in [6.07, 6.45) is -0.516. The van der Waals surface area contributed by atoms with Gasteiger partial charge in [-0.25, -0.2) is 4.79 Å². The van der Waals surface area contributed by atoms with Gasteiger partial charge in [0, 0.05) is 19.5 Å². The zero-order valence-electron chi connectivity index (χ0n) is 31.1. The van der Waals surface area contributed by atoms with Gasteiger partial charge in [-0.2, -0.15) is 0 Å². The lowest BCUT2D eigenvalue weighted by Gasteiger charge is -2.24. The predicted octanol–water partition coefficient (Wildman–Crippen LogP) is 1.15. The summed E-state index contributed by atoms with van der Waals surface area (Å²) in [6, 6.07) is 18.9. The standard InChI is InChI=1S/C40H51N7O9/c1-24(48)33(41)39(52)46-29(20-27-17-19-44-34(27)37(42)43)38(51)45-18-9-8-14-32(49)47-35(40(53)54)36(50)28-15-16-30(55-22-25-10-4-2-5-11-25)31(21-28)56-23-26-12-6-3-7-13-26/h2-7,10-13,15-17,21,24,29,33-36,44,48,50H,8-9,14,18-20,22-23,41H2,1H3,(H3,42,43)(H,45,51)(H,46,52)(H,47,49)(H,53,54). The Morgan fingerprint density at radius 1 is 0.893 bits per heavy atom. The largest absolute Gasteiger partial charge is 0.485 e. The molecule has 0 bridgehead atoms. The van der Waals surface area contributed by atoms with Crippen LogP contribution >= 0.6 is 0 Å². The number of carboxylic acid groups (broad SMARTS) is 1. The first-order chi connectivity index (χ1) is 26.8. The summed E-state index contributed by atoms with van der Waals surface area (Å²) < 4.78 is 12.1. The Morgan fingerprint density at radius 2 is 1.52 bits per heavy atom. The highest BCUT2D eigenvalue weighted by molar-refractivity contribution is 5.91. The number of carboxylic acids is 1. The van der Waals surface area contributed by atoms with Crippen LogP contribution in [0.4, 0.5) is 0 Å². The Bertz CT molecular complexity index is 1830. The zero-order chi connectivity index (χ0) is 40.6. The van der Waals surface area contributed by atoms with Crippen molar-refractivity contribution in [3.8, 4) is 11.5 Å². The zero-order valence-corrected chi connectivity index (χ0v) is 31.1. The number of benzene rings is 3. The van der Waals surface area contributed by atoms with E-state index in [0.29, 0.717) is 24.3 Å². The molecule has 6 unspecified atom stereocenters. The molecule has 0 saturated heterocycles. The molecule has 0 spiro atoms. The Labute approximate surface area is 325 Å².